The molecule has 0 spiro atoms. The number of anilines is 1. The normalized spacial score (nSPS) is 10.9. The fourth-order valence-electron chi connectivity index (χ4n) is 3.00. The van der Waals surface area contributed by atoms with E-state index in [-0.39, 0.29) is 11.9 Å². The van der Waals surface area contributed by atoms with E-state index in [1.807, 2.05) is 30.3 Å². The monoisotopic (exact) mass is 432 g/mol. The van der Waals surface area contributed by atoms with E-state index in [0.717, 1.165) is 0 Å². The highest BCUT2D eigenvalue weighted by Gasteiger charge is 2.18. The number of aromatic nitrogens is 3. The maximum atomic E-state index is 12.6. The topological polar surface area (TPSA) is 91.4 Å². The molecule has 0 aliphatic rings. The second kappa shape index (κ2) is 9.38. The first-order valence-electron chi connectivity index (χ1n) is 10.2. The van der Waals surface area contributed by atoms with Crippen molar-refractivity contribution in [1.29, 1.82) is 0 Å². The predicted molar refractivity (Wildman–Crippen MR) is 120 cm³/mol. The Hall–Kier alpha value is -4.07. The minimum atomic E-state index is -0.226. The Kier molecular flexibility index (Phi) is 6.21. The Morgan fingerprint density at radius 3 is 2.62 bits per heavy atom. The lowest BCUT2D eigenvalue weighted by Crippen LogP contribution is -2.12. The zero-order valence-electron chi connectivity index (χ0n) is 18.1. The van der Waals surface area contributed by atoms with Crippen LogP contribution < -0.4 is 14.8 Å². The number of nitrogens with one attached hydrogen (secondary N) is 1. The zero-order valence-corrected chi connectivity index (χ0v) is 18.1. The zero-order chi connectivity index (χ0) is 22.5. The number of furan rings is 1. The summed E-state index contributed by atoms with van der Waals surface area (Å²) in [7, 11) is 1.58. The van der Waals surface area contributed by atoms with Crippen LogP contribution >= 0.6 is 0 Å². The van der Waals surface area contributed by atoms with Crippen molar-refractivity contribution in [3.63, 3.8) is 0 Å². The summed E-state index contributed by atoms with van der Waals surface area (Å²) in [5, 5.41) is 7.41. The van der Waals surface area contributed by atoms with Crippen LogP contribution in [0.1, 0.15) is 24.2 Å². The molecular formula is C24H24N4O4. The number of rotatable bonds is 8. The van der Waals surface area contributed by atoms with Gasteiger partial charge in [-0.25, -0.2) is 4.68 Å². The number of benzene rings is 2. The molecule has 4 rings (SSSR count). The number of carbonyl (C=O) groups excluding carboxylic acids is 1. The number of hydrogen-bond acceptors (Lipinski definition) is 6. The van der Waals surface area contributed by atoms with Gasteiger partial charge >= 0.3 is 6.01 Å². The molecule has 0 saturated carbocycles. The molecule has 0 bridgehead atoms. The summed E-state index contributed by atoms with van der Waals surface area (Å²) >= 11 is 0. The third kappa shape index (κ3) is 4.80. The molecule has 0 unspecified atom stereocenters. The molecule has 1 N–H and O–H groups in total. The van der Waals surface area contributed by atoms with Crippen LogP contribution in [0.4, 0.5) is 5.69 Å². The first kappa shape index (κ1) is 21.2. The van der Waals surface area contributed by atoms with Crippen molar-refractivity contribution in [2.45, 2.75) is 13.8 Å². The van der Waals surface area contributed by atoms with Crippen LogP contribution in [0, 0.1) is 5.92 Å². The van der Waals surface area contributed by atoms with E-state index in [9.17, 15) is 4.79 Å². The summed E-state index contributed by atoms with van der Waals surface area (Å²) in [5.74, 6) is 1.87. The summed E-state index contributed by atoms with van der Waals surface area (Å²) in [4.78, 5) is 17.1. The fourth-order valence-corrected chi connectivity index (χ4v) is 3.00. The van der Waals surface area contributed by atoms with Gasteiger partial charge in [0.2, 0.25) is 5.82 Å². The van der Waals surface area contributed by atoms with Crippen LogP contribution in [0.5, 0.6) is 11.8 Å². The molecule has 2 aromatic heterocycles. The lowest BCUT2D eigenvalue weighted by atomic mass is 10.2. The van der Waals surface area contributed by atoms with E-state index >= 15 is 0 Å². The first-order chi connectivity index (χ1) is 15.5. The fraction of sp³-hybridized carbons (Fsp3) is 0.208. The maximum Gasteiger partial charge on any atom is 0.336 e. The van der Waals surface area contributed by atoms with Gasteiger partial charge in [0.25, 0.3) is 5.91 Å². The lowest BCUT2D eigenvalue weighted by Gasteiger charge is -2.09. The van der Waals surface area contributed by atoms with E-state index in [2.05, 4.69) is 29.2 Å². The standard InChI is InChI=1S/C24H24N4O4/c1-16(2)15-32-24-26-22(21-8-5-13-31-21)28(27-24)19-7-4-6-18(14-19)25-23(29)17-9-11-20(30-3)12-10-17/h4-14,16H,15H2,1-3H3,(H,25,29). The number of amides is 1. The molecule has 2 aromatic carbocycles. The third-order valence-corrected chi connectivity index (χ3v) is 4.58. The van der Waals surface area contributed by atoms with E-state index in [0.29, 0.717) is 46.8 Å². The van der Waals surface area contributed by atoms with Gasteiger partial charge < -0.3 is 19.2 Å². The van der Waals surface area contributed by atoms with Crippen molar-refractivity contribution < 1.29 is 18.7 Å². The Labute approximate surface area is 185 Å². The Bertz CT molecular complexity index is 1180. The smallest absolute Gasteiger partial charge is 0.336 e. The minimum absolute atomic E-state index is 0.226. The van der Waals surface area contributed by atoms with Crippen molar-refractivity contribution >= 4 is 11.6 Å². The van der Waals surface area contributed by atoms with Crippen molar-refractivity contribution in [2.75, 3.05) is 19.0 Å². The highest BCUT2D eigenvalue weighted by atomic mass is 16.5. The Balaban J connectivity index is 1.61. The molecule has 0 aliphatic heterocycles. The average Bonchev–Trinajstić information content (AvgIpc) is 3.48. The summed E-state index contributed by atoms with van der Waals surface area (Å²) in [6, 6.07) is 18.1. The minimum Gasteiger partial charge on any atom is -0.497 e. The van der Waals surface area contributed by atoms with Gasteiger partial charge in [0, 0.05) is 11.3 Å². The Morgan fingerprint density at radius 1 is 1.12 bits per heavy atom. The molecule has 0 atom stereocenters. The number of nitrogens with zero attached hydrogens (tertiary/aromatic N) is 3. The van der Waals surface area contributed by atoms with Crippen LogP contribution in [-0.4, -0.2) is 34.4 Å². The summed E-state index contributed by atoms with van der Waals surface area (Å²) in [6.45, 7) is 4.61. The van der Waals surface area contributed by atoms with Gasteiger partial charge in [0.1, 0.15) is 5.75 Å². The van der Waals surface area contributed by atoms with E-state index in [1.165, 1.54) is 0 Å². The summed E-state index contributed by atoms with van der Waals surface area (Å²) in [6.07, 6.45) is 1.58. The van der Waals surface area contributed by atoms with Gasteiger partial charge in [0.05, 0.1) is 25.7 Å². The summed E-state index contributed by atoms with van der Waals surface area (Å²) in [5.41, 5.74) is 1.85. The highest BCUT2D eigenvalue weighted by molar-refractivity contribution is 6.04. The van der Waals surface area contributed by atoms with E-state index < -0.39 is 0 Å². The second-order valence-electron chi connectivity index (χ2n) is 7.54. The van der Waals surface area contributed by atoms with E-state index in [4.69, 9.17) is 13.9 Å². The molecule has 0 saturated heterocycles. The quantitative estimate of drug-likeness (QED) is 0.429. The van der Waals surface area contributed by atoms with Crippen LogP contribution in [0.15, 0.2) is 71.3 Å². The third-order valence-electron chi connectivity index (χ3n) is 4.58. The number of carbonyl (C=O) groups is 1. The van der Waals surface area contributed by atoms with Crippen molar-refractivity contribution in [1.82, 2.24) is 14.8 Å². The number of ether oxygens (including phenoxy) is 2. The molecule has 8 nitrogen and oxygen atoms in total. The van der Waals surface area contributed by atoms with E-state index in [1.54, 1.807) is 48.4 Å². The van der Waals surface area contributed by atoms with Gasteiger partial charge in [0.15, 0.2) is 5.76 Å². The molecule has 32 heavy (non-hydrogen) atoms. The molecule has 164 valence electrons. The van der Waals surface area contributed by atoms with Gasteiger partial charge in [-0.15, -0.1) is 5.10 Å². The predicted octanol–water partition coefficient (Wildman–Crippen LogP) is 4.82. The molecule has 8 heteroatoms. The van der Waals surface area contributed by atoms with Gasteiger partial charge in [-0.3, -0.25) is 4.79 Å². The van der Waals surface area contributed by atoms with Crippen LogP contribution in [0.2, 0.25) is 0 Å². The van der Waals surface area contributed by atoms with Crippen molar-refractivity contribution in [3.05, 3.63) is 72.5 Å². The molecular weight excluding hydrogens is 408 g/mol. The van der Waals surface area contributed by atoms with Gasteiger partial charge in [-0.2, -0.15) is 4.98 Å². The number of methoxy groups -OCH3 is 1. The second-order valence-corrected chi connectivity index (χ2v) is 7.54. The lowest BCUT2D eigenvalue weighted by molar-refractivity contribution is 0.102. The molecule has 2 heterocycles. The highest BCUT2D eigenvalue weighted by Crippen LogP contribution is 2.25. The van der Waals surface area contributed by atoms with Gasteiger partial charge in [-0.05, 0) is 60.5 Å². The summed E-state index contributed by atoms with van der Waals surface area (Å²) < 4.78 is 18.0. The largest absolute Gasteiger partial charge is 0.497 e. The number of hydrogen-bond donors (Lipinski definition) is 1. The molecule has 0 radical (unpaired) electrons. The SMILES string of the molecule is COc1ccc(C(=O)Nc2cccc(-n3nc(OCC(C)C)nc3-c3ccco3)c2)cc1. The van der Waals surface area contributed by atoms with Gasteiger partial charge in [-0.1, -0.05) is 19.9 Å². The molecule has 0 aliphatic carbocycles. The van der Waals surface area contributed by atoms with Crippen LogP contribution in [0.3, 0.4) is 0 Å². The van der Waals surface area contributed by atoms with Crippen LogP contribution in [-0.2, 0) is 0 Å². The first-order valence-corrected chi connectivity index (χ1v) is 10.2. The van der Waals surface area contributed by atoms with Crippen molar-refractivity contribution in [2.24, 2.45) is 5.92 Å². The molecule has 4 aromatic rings. The molecule has 1 amide bonds. The van der Waals surface area contributed by atoms with Crippen molar-refractivity contribution in [3.8, 4) is 29.0 Å². The van der Waals surface area contributed by atoms with Crippen LogP contribution in [0.25, 0.3) is 17.3 Å². The molecule has 0 fully saturated rings. The maximum absolute atomic E-state index is 12.6. The Morgan fingerprint density at radius 2 is 1.94 bits per heavy atom. The average molecular weight is 432 g/mol.